The van der Waals surface area contributed by atoms with Crippen molar-refractivity contribution in [2.24, 2.45) is 0 Å². The minimum atomic E-state index is -0.344. The third-order valence-corrected chi connectivity index (χ3v) is 3.52. The topological polar surface area (TPSA) is 104 Å². The minimum absolute atomic E-state index is 0.00536. The van der Waals surface area contributed by atoms with Crippen molar-refractivity contribution >= 4 is 23.5 Å². The van der Waals surface area contributed by atoms with Crippen LogP contribution >= 0.6 is 0 Å². The highest BCUT2D eigenvalue weighted by Gasteiger charge is 2.16. The summed E-state index contributed by atoms with van der Waals surface area (Å²) in [5, 5.41) is 7.16. The number of ether oxygens (including phenoxy) is 2. The molecule has 8 nitrogen and oxygen atoms in total. The zero-order chi connectivity index (χ0) is 18.5. The first kappa shape index (κ1) is 17.4. The molecular weight excluding hydrogens is 334 g/mol. The number of carbonyl (C=O) groups excluding carboxylic acids is 1. The van der Waals surface area contributed by atoms with Crippen molar-refractivity contribution < 1.29 is 14.3 Å². The number of hydrogen-bond donors (Lipinski definition) is 2. The summed E-state index contributed by atoms with van der Waals surface area (Å²) in [5.41, 5.74) is 8.01. The molecule has 0 aliphatic rings. The lowest BCUT2D eigenvalue weighted by molar-refractivity contribution is 0.0512. The summed E-state index contributed by atoms with van der Waals surface area (Å²) in [6, 6.07) is 14.4. The van der Waals surface area contributed by atoms with Gasteiger partial charge in [-0.2, -0.15) is 9.67 Å². The van der Waals surface area contributed by atoms with E-state index < -0.39 is 0 Å². The Labute approximate surface area is 150 Å². The van der Waals surface area contributed by atoms with E-state index >= 15 is 0 Å². The number of nitrogens with one attached hydrogen (secondary N) is 1. The van der Waals surface area contributed by atoms with Gasteiger partial charge in [-0.3, -0.25) is 4.79 Å². The number of aryl methyl sites for hydroxylation is 1. The number of nitrogens with two attached hydrogens (primary N) is 1. The molecule has 3 aromatic rings. The van der Waals surface area contributed by atoms with E-state index in [0.29, 0.717) is 17.0 Å². The van der Waals surface area contributed by atoms with Crippen LogP contribution in [-0.4, -0.2) is 34.6 Å². The molecule has 0 amide bonds. The maximum Gasteiger partial charge on any atom is 0.281 e. The summed E-state index contributed by atoms with van der Waals surface area (Å²) in [5.74, 6) is 0.502. The molecule has 3 N–H and O–H groups in total. The van der Waals surface area contributed by atoms with Gasteiger partial charge in [0.25, 0.3) is 5.91 Å². The Kier molecular flexibility index (Phi) is 5.14. The number of carbonyl (C=O) groups is 1. The van der Waals surface area contributed by atoms with Gasteiger partial charge >= 0.3 is 0 Å². The normalized spacial score (nSPS) is 10.5. The Morgan fingerprint density at radius 2 is 2.04 bits per heavy atom. The molecule has 0 unspecified atom stereocenters. The molecule has 1 aromatic heterocycles. The van der Waals surface area contributed by atoms with Crippen molar-refractivity contribution in [3.8, 4) is 5.75 Å². The van der Waals surface area contributed by atoms with Crippen LogP contribution in [0.2, 0.25) is 0 Å². The van der Waals surface area contributed by atoms with E-state index in [9.17, 15) is 4.79 Å². The first-order chi connectivity index (χ1) is 12.6. The zero-order valence-electron chi connectivity index (χ0n) is 14.5. The number of methoxy groups -OCH3 is 1. The molecule has 0 aliphatic heterocycles. The number of nitrogens with zero attached hydrogens (tertiary/aromatic N) is 3. The molecule has 2 aromatic carbocycles. The summed E-state index contributed by atoms with van der Waals surface area (Å²) in [7, 11) is 1.55. The van der Waals surface area contributed by atoms with Crippen molar-refractivity contribution in [3.63, 3.8) is 0 Å². The second-order valence-corrected chi connectivity index (χ2v) is 5.58. The van der Waals surface area contributed by atoms with Gasteiger partial charge in [-0.1, -0.05) is 23.8 Å². The summed E-state index contributed by atoms with van der Waals surface area (Å²) in [6.07, 6.45) is 0. The first-order valence-electron chi connectivity index (χ1n) is 7.89. The van der Waals surface area contributed by atoms with Crippen molar-refractivity contribution in [3.05, 3.63) is 59.7 Å². The molecule has 8 heteroatoms. The van der Waals surface area contributed by atoms with E-state index in [-0.39, 0.29) is 24.6 Å². The zero-order valence-corrected chi connectivity index (χ0v) is 14.5. The Morgan fingerprint density at radius 1 is 1.23 bits per heavy atom. The second-order valence-electron chi connectivity index (χ2n) is 5.58. The van der Waals surface area contributed by atoms with E-state index in [2.05, 4.69) is 15.4 Å². The maximum atomic E-state index is 12.6. The Hall–Kier alpha value is -3.39. The molecule has 0 bridgehead atoms. The fraction of sp³-hybridized carbons (Fsp3) is 0.167. The molecule has 0 saturated heterocycles. The Morgan fingerprint density at radius 3 is 2.81 bits per heavy atom. The largest absolute Gasteiger partial charge is 0.467 e. The van der Waals surface area contributed by atoms with Crippen LogP contribution in [0.3, 0.4) is 0 Å². The molecule has 1 heterocycles. The van der Waals surface area contributed by atoms with Crippen LogP contribution in [0.5, 0.6) is 5.75 Å². The van der Waals surface area contributed by atoms with E-state index in [0.717, 1.165) is 10.2 Å². The van der Waals surface area contributed by atoms with Gasteiger partial charge in [0, 0.05) is 24.4 Å². The lowest BCUT2D eigenvalue weighted by Crippen LogP contribution is -2.16. The number of anilines is 3. The average Bonchev–Trinajstić information content (AvgIpc) is 2.99. The fourth-order valence-corrected chi connectivity index (χ4v) is 2.35. The van der Waals surface area contributed by atoms with Crippen molar-refractivity contribution in [2.45, 2.75) is 6.92 Å². The summed E-state index contributed by atoms with van der Waals surface area (Å²) < 4.78 is 11.3. The van der Waals surface area contributed by atoms with Crippen LogP contribution in [0.25, 0.3) is 0 Å². The lowest BCUT2D eigenvalue weighted by Gasteiger charge is -2.07. The molecule has 0 aliphatic carbocycles. The first-order valence-corrected chi connectivity index (χ1v) is 7.89. The smallest absolute Gasteiger partial charge is 0.281 e. The Balaban J connectivity index is 1.79. The minimum Gasteiger partial charge on any atom is -0.467 e. The molecule has 0 saturated carbocycles. The van der Waals surface area contributed by atoms with Gasteiger partial charge in [-0.15, -0.1) is 5.10 Å². The number of rotatable bonds is 6. The van der Waals surface area contributed by atoms with Crippen LogP contribution in [-0.2, 0) is 4.74 Å². The van der Waals surface area contributed by atoms with Gasteiger partial charge in [0.05, 0.1) is 0 Å². The summed E-state index contributed by atoms with van der Waals surface area (Å²) in [4.78, 5) is 16.7. The quantitative estimate of drug-likeness (QED) is 0.656. The highest BCUT2D eigenvalue weighted by Crippen LogP contribution is 2.21. The number of hydrogen-bond acceptors (Lipinski definition) is 7. The molecule has 134 valence electrons. The molecule has 3 rings (SSSR count). The van der Waals surface area contributed by atoms with Gasteiger partial charge in [0.1, 0.15) is 5.75 Å². The monoisotopic (exact) mass is 353 g/mol. The summed E-state index contributed by atoms with van der Waals surface area (Å²) >= 11 is 0. The molecule has 0 fully saturated rings. The van der Waals surface area contributed by atoms with Crippen LogP contribution < -0.4 is 15.8 Å². The van der Waals surface area contributed by atoms with Gasteiger partial charge in [-0.25, -0.2) is 0 Å². The van der Waals surface area contributed by atoms with Gasteiger partial charge in [-0.05, 0) is 31.2 Å². The van der Waals surface area contributed by atoms with Gasteiger partial charge in [0.2, 0.25) is 11.9 Å². The summed E-state index contributed by atoms with van der Waals surface area (Å²) in [6.45, 7) is 2.06. The van der Waals surface area contributed by atoms with Crippen molar-refractivity contribution in [2.75, 3.05) is 25.0 Å². The lowest BCUT2D eigenvalue weighted by atomic mass is 10.1. The van der Waals surface area contributed by atoms with Crippen LogP contribution in [0.1, 0.15) is 15.9 Å². The Bertz CT molecular complexity index is 923. The highest BCUT2D eigenvalue weighted by molar-refractivity contribution is 5.97. The predicted molar refractivity (Wildman–Crippen MR) is 97.6 cm³/mol. The van der Waals surface area contributed by atoms with Crippen LogP contribution in [0.4, 0.5) is 17.6 Å². The standard InChI is InChI=1S/C18H19N5O3/c1-12-5-3-6-13(9-12)16(24)23-17(19)21-18(22-23)20-14-7-4-8-15(10-14)26-11-25-2/h3-10H,11H2,1-2H3,(H3,19,20,21,22). The SMILES string of the molecule is COCOc1cccc(Nc2nc(N)n(C(=O)c3cccc(C)c3)n2)c1. The van der Waals surface area contributed by atoms with Gasteiger partial charge < -0.3 is 20.5 Å². The molecular formula is C18H19N5O3. The highest BCUT2D eigenvalue weighted by atomic mass is 16.7. The fourth-order valence-electron chi connectivity index (χ4n) is 2.35. The number of benzene rings is 2. The molecule has 26 heavy (non-hydrogen) atoms. The van der Waals surface area contributed by atoms with Crippen LogP contribution in [0.15, 0.2) is 48.5 Å². The van der Waals surface area contributed by atoms with Crippen LogP contribution in [0, 0.1) is 6.92 Å². The predicted octanol–water partition coefficient (Wildman–Crippen LogP) is 2.58. The third-order valence-electron chi connectivity index (χ3n) is 3.52. The number of aromatic nitrogens is 3. The van der Waals surface area contributed by atoms with E-state index in [1.165, 1.54) is 0 Å². The van der Waals surface area contributed by atoms with Crippen molar-refractivity contribution in [1.29, 1.82) is 0 Å². The van der Waals surface area contributed by atoms with Crippen molar-refractivity contribution in [1.82, 2.24) is 14.8 Å². The second kappa shape index (κ2) is 7.66. The van der Waals surface area contributed by atoms with Gasteiger partial charge in [0.15, 0.2) is 6.79 Å². The average molecular weight is 353 g/mol. The number of nitrogen functional groups attached to an aromatic ring is 1. The van der Waals surface area contributed by atoms with E-state index in [1.807, 2.05) is 25.1 Å². The molecule has 0 radical (unpaired) electrons. The van der Waals surface area contributed by atoms with E-state index in [4.69, 9.17) is 15.2 Å². The maximum absolute atomic E-state index is 12.6. The van der Waals surface area contributed by atoms with E-state index in [1.54, 1.807) is 37.4 Å². The molecule has 0 spiro atoms. The third kappa shape index (κ3) is 3.98. The molecule has 0 atom stereocenters.